The fourth-order valence-electron chi connectivity index (χ4n) is 2.68. The third-order valence-corrected chi connectivity index (χ3v) is 3.65. The van der Waals surface area contributed by atoms with Crippen LogP contribution in [0, 0.1) is 5.92 Å². The van der Waals surface area contributed by atoms with Crippen LogP contribution >= 0.6 is 0 Å². The molecular formula is C15H24N2O2. The van der Waals surface area contributed by atoms with E-state index in [0.717, 1.165) is 18.8 Å². The van der Waals surface area contributed by atoms with E-state index in [1.807, 2.05) is 26.0 Å². The molecule has 0 aliphatic carbocycles. The minimum Gasteiger partial charge on any atom is -0.491 e. The first-order valence-corrected chi connectivity index (χ1v) is 6.96. The van der Waals surface area contributed by atoms with Crippen LogP contribution in [0.15, 0.2) is 24.3 Å². The van der Waals surface area contributed by atoms with Gasteiger partial charge in [-0.2, -0.15) is 0 Å². The van der Waals surface area contributed by atoms with Crippen molar-refractivity contribution in [1.29, 1.82) is 0 Å². The molecule has 0 saturated carbocycles. The number of nitrogens with one attached hydrogen (secondary N) is 1. The Hall–Kier alpha value is -1.10. The van der Waals surface area contributed by atoms with E-state index in [4.69, 9.17) is 15.3 Å². The van der Waals surface area contributed by atoms with Gasteiger partial charge < -0.3 is 9.47 Å². The molecule has 0 radical (unpaired) electrons. The fraction of sp³-hybridized carbons (Fsp3) is 0.600. The van der Waals surface area contributed by atoms with Gasteiger partial charge in [-0.05, 0) is 44.9 Å². The van der Waals surface area contributed by atoms with Crippen molar-refractivity contribution in [2.75, 3.05) is 6.61 Å². The van der Waals surface area contributed by atoms with E-state index in [9.17, 15) is 0 Å². The molecule has 3 unspecified atom stereocenters. The van der Waals surface area contributed by atoms with Gasteiger partial charge >= 0.3 is 0 Å². The zero-order valence-electron chi connectivity index (χ0n) is 11.9. The van der Waals surface area contributed by atoms with Crippen LogP contribution in [0.25, 0.3) is 0 Å². The van der Waals surface area contributed by atoms with E-state index < -0.39 is 0 Å². The van der Waals surface area contributed by atoms with Gasteiger partial charge in [-0.15, -0.1) is 0 Å². The fourth-order valence-corrected chi connectivity index (χ4v) is 2.68. The summed E-state index contributed by atoms with van der Waals surface area (Å²) in [5.41, 5.74) is 4.11. The zero-order valence-corrected chi connectivity index (χ0v) is 11.9. The smallest absolute Gasteiger partial charge is 0.119 e. The van der Waals surface area contributed by atoms with Crippen molar-refractivity contribution in [2.45, 2.75) is 45.4 Å². The molecule has 4 nitrogen and oxygen atoms in total. The molecule has 1 saturated heterocycles. The second kappa shape index (κ2) is 6.37. The summed E-state index contributed by atoms with van der Waals surface area (Å²) in [4.78, 5) is 0. The summed E-state index contributed by atoms with van der Waals surface area (Å²) in [6.07, 6.45) is 1.48. The Morgan fingerprint density at radius 3 is 2.47 bits per heavy atom. The summed E-state index contributed by atoms with van der Waals surface area (Å²) in [7, 11) is 0. The first-order chi connectivity index (χ1) is 9.11. The first kappa shape index (κ1) is 14.3. The maximum atomic E-state index is 5.73. The van der Waals surface area contributed by atoms with Crippen molar-refractivity contribution in [1.82, 2.24) is 5.43 Å². The molecule has 0 amide bonds. The SMILES string of the molecule is CC(C)Oc1ccc(C(NN)C2CCOC2C)cc1. The lowest BCUT2D eigenvalue weighted by Crippen LogP contribution is -2.36. The number of benzene rings is 1. The standard InChI is InChI=1S/C15H24N2O2/c1-10(2)19-13-6-4-12(5-7-13)15(17-16)14-8-9-18-11(14)3/h4-7,10-11,14-15,17H,8-9,16H2,1-3H3. The summed E-state index contributed by atoms with van der Waals surface area (Å²) in [5, 5.41) is 0. The van der Waals surface area contributed by atoms with Crippen LogP contribution in [0.2, 0.25) is 0 Å². The molecule has 1 aromatic carbocycles. The molecule has 1 aliphatic heterocycles. The number of hydrogen-bond acceptors (Lipinski definition) is 4. The summed E-state index contributed by atoms with van der Waals surface area (Å²) in [5.74, 6) is 7.04. The highest BCUT2D eigenvalue weighted by atomic mass is 16.5. The first-order valence-electron chi connectivity index (χ1n) is 6.96. The summed E-state index contributed by atoms with van der Waals surface area (Å²) in [6, 6.07) is 8.28. The Bertz CT molecular complexity index is 392. The quantitative estimate of drug-likeness (QED) is 0.633. The van der Waals surface area contributed by atoms with Crippen molar-refractivity contribution in [3.05, 3.63) is 29.8 Å². The maximum Gasteiger partial charge on any atom is 0.119 e. The lowest BCUT2D eigenvalue weighted by molar-refractivity contribution is 0.0954. The van der Waals surface area contributed by atoms with Gasteiger partial charge in [-0.3, -0.25) is 11.3 Å². The molecule has 3 N–H and O–H groups in total. The number of ether oxygens (including phenoxy) is 2. The van der Waals surface area contributed by atoms with Gasteiger partial charge in [0.1, 0.15) is 5.75 Å². The Labute approximate surface area is 115 Å². The average molecular weight is 264 g/mol. The second-order valence-corrected chi connectivity index (χ2v) is 5.41. The number of rotatable bonds is 5. The molecule has 1 aromatic rings. The summed E-state index contributed by atoms with van der Waals surface area (Å²) in [6.45, 7) is 6.97. The molecule has 0 aromatic heterocycles. The van der Waals surface area contributed by atoms with Gasteiger partial charge in [0.05, 0.1) is 18.2 Å². The van der Waals surface area contributed by atoms with Gasteiger partial charge in [-0.25, -0.2) is 0 Å². The van der Waals surface area contributed by atoms with Gasteiger partial charge in [0.2, 0.25) is 0 Å². The van der Waals surface area contributed by atoms with Crippen molar-refractivity contribution >= 4 is 0 Å². The molecule has 0 spiro atoms. The molecule has 2 rings (SSSR count). The van der Waals surface area contributed by atoms with Crippen LogP contribution in [0.5, 0.6) is 5.75 Å². The van der Waals surface area contributed by atoms with E-state index in [2.05, 4.69) is 24.5 Å². The highest BCUT2D eigenvalue weighted by Gasteiger charge is 2.32. The van der Waals surface area contributed by atoms with E-state index in [-0.39, 0.29) is 18.2 Å². The van der Waals surface area contributed by atoms with E-state index in [0.29, 0.717) is 5.92 Å². The second-order valence-electron chi connectivity index (χ2n) is 5.41. The van der Waals surface area contributed by atoms with Crippen molar-refractivity contribution in [3.8, 4) is 5.75 Å². The predicted octanol–water partition coefficient (Wildman–Crippen LogP) is 2.40. The van der Waals surface area contributed by atoms with Gasteiger partial charge in [-0.1, -0.05) is 12.1 Å². The monoisotopic (exact) mass is 264 g/mol. The number of nitrogens with two attached hydrogens (primary N) is 1. The zero-order chi connectivity index (χ0) is 13.8. The number of hydrazine groups is 1. The molecule has 4 heteroatoms. The third-order valence-electron chi connectivity index (χ3n) is 3.65. The van der Waals surface area contributed by atoms with Gasteiger partial charge in [0.25, 0.3) is 0 Å². The molecule has 1 aliphatic rings. The highest BCUT2D eigenvalue weighted by molar-refractivity contribution is 5.30. The van der Waals surface area contributed by atoms with Crippen molar-refractivity contribution < 1.29 is 9.47 Å². The lowest BCUT2D eigenvalue weighted by Gasteiger charge is -2.25. The number of hydrogen-bond donors (Lipinski definition) is 2. The predicted molar refractivity (Wildman–Crippen MR) is 75.8 cm³/mol. The van der Waals surface area contributed by atoms with Crippen LogP contribution < -0.4 is 16.0 Å². The van der Waals surface area contributed by atoms with Gasteiger partial charge in [0.15, 0.2) is 0 Å². The molecule has 1 fully saturated rings. The van der Waals surface area contributed by atoms with E-state index in [1.165, 1.54) is 5.56 Å². The third kappa shape index (κ3) is 3.47. The minimum absolute atomic E-state index is 0.130. The molecule has 1 heterocycles. The van der Waals surface area contributed by atoms with Gasteiger partial charge in [0, 0.05) is 12.5 Å². The largest absolute Gasteiger partial charge is 0.491 e. The molecule has 0 bridgehead atoms. The van der Waals surface area contributed by atoms with Crippen LogP contribution in [0.1, 0.15) is 38.8 Å². The van der Waals surface area contributed by atoms with Crippen LogP contribution in [-0.2, 0) is 4.74 Å². The van der Waals surface area contributed by atoms with Crippen LogP contribution in [0.4, 0.5) is 0 Å². The van der Waals surface area contributed by atoms with Crippen molar-refractivity contribution in [2.24, 2.45) is 11.8 Å². The average Bonchev–Trinajstić information content (AvgIpc) is 2.78. The molecular weight excluding hydrogens is 240 g/mol. The topological polar surface area (TPSA) is 56.5 Å². The summed E-state index contributed by atoms with van der Waals surface area (Å²) < 4.78 is 11.3. The molecule has 106 valence electrons. The maximum absolute atomic E-state index is 5.73. The minimum atomic E-state index is 0.130. The van der Waals surface area contributed by atoms with Crippen molar-refractivity contribution in [3.63, 3.8) is 0 Å². The van der Waals surface area contributed by atoms with E-state index >= 15 is 0 Å². The van der Waals surface area contributed by atoms with E-state index in [1.54, 1.807) is 0 Å². The summed E-state index contributed by atoms with van der Waals surface area (Å²) >= 11 is 0. The Balaban J connectivity index is 2.10. The molecule has 19 heavy (non-hydrogen) atoms. The normalized spacial score (nSPS) is 24.7. The Morgan fingerprint density at radius 1 is 1.32 bits per heavy atom. The Kier molecular flexibility index (Phi) is 4.80. The Morgan fingerprint density at radius 2 is 2.00 bits per heavy atom. The lowest BCUT2D eigenvalue weighted by atomic mass is 9.89. The highest BCUT2D eigenvalue weighted by Crippen LogP contribution is 2.33. The van der Waals surface area contributed by atoms with Crippen LogP contribution in [-0.4, -0.2) is 18.8 Å². The molecule has 3 atom stereocenters. The van der Waals surface area contributed by atoms with Crippen LogP contribution in [0.3, 0.4) is 0 Å².